The molecule has 0 bridgehead atoms. The summed E-state index contributed by atoms with van der Waals surface area (Å²) in [4.78, 5) is 28.4. The number of Topliss-reactive ketones (excluding diaryl/α,β-unsaturated/α-hetero) is 1. The van der Waals surface area contributed by atoms with Gasteiger partial charge in [-0.15, -0.1) is 0 Å². The van der Waals surface area contributed by atoms with Gasteiger partial charge in [0.25, 0.3) is 11.7 Å². The SMILES string of the molecule is COc1c(Cl)cc(C)cc1/C(O)=C1\C(=O)C(=O)N(c2ccc3c(c2)OCO3)C1c1ccc(C(C)C)cc1. The van der Waals surface area contributed by atoms with Crippen molar-refractivity contribution < 1.29 is 28.9 Å². The number of carbonyl (C=O) groups is 2. The maximum Gasteiger partial charge on any atom is 0.300 e. The monoisotopic (exact) mass is 519 g/mol. The lowest BCUT2D eigenvalue weighted by Gasteiger charge is -2.26. The van der Waals surface area contributed by atoms with E-state index in [-0.39, 0.29) is 34.5 Å². The number of fused-ring (bicyclic) bond motifs is 1. The highest BCUT2D eigenvalue weighted by molar-refractivity contribution is 6.51. The van der Waals surface area contributed by atoms with Crippen molar-refractivity contribution >= 4 is 34.7 Å². The molecule has 0 spiro atoms. The molecule has 0 aliphatic carbocycles. The average molecular weight is 520 g/mol. The summed E-state index contributed by atoms with van der Waals surface area (Å²) in [6.45, 7) is 6.06. The van der Waals surface area contributed by atoms with Crippen molar-refractivity contribution in [2.45, 2.75) is 32.7 Å². The summed E-state index contributed by atoms with van der Waals surface area (Å²) >= 11 is 6.38. The molecule has 1 N–H and O–H groups in total. The number of rotatable bonds is 5. The molecule has 2 aliphatic rings. The van der Waals surface area contributed by atoms with Gasteiger partial charge in [0.15, 0.2) is 11.5 Å². The minimum atomic E-state index is -0.898. The molecule has 1 atom stereocenters. The number of anilines is 1. The van der Waals surface area contributed by atoms with Gasteiger partial charge < -0.3 is 19.3 Å². The second-order valence-corrected chi connectivity index (χ2v) is 9.76. The first-order chi connectivity index (χ1) is 17.7. The molecule has 7 nitrogen and oxygen atoms in total. The Hall–Kier alpha value is -3.97. The van der Waals surface area contributed by atoms with Gasteiger partial charge in [-0.3, -0.25) is 14.5 Å². The smallest absolute Gasteiger partial charge is 0.300 e. The number of hydrogen-bond donors (Lipinski definition) is 1. The van der Waals surface area contributed by atoms with E-state index in [0.717, 1.165) is 11.1 Å². The van der Waals surface area contributed by atoms with Crippen LogP contribution in [0.25, 0.3) is 5.76 Å². The highest BCUT2D eigenvalue weighted by Gasteiger charge is 2.47. The lowest BCUT2D eigenvalue weighted by molar-refractivity contribution is -0.132. The second kappa shape index (κ2) is 9.48. The summed E-state index contributed by atoms with van der Waals surface area (Å²) in [5.41, 5.74) is 3.16. The number of nitrogens with zero attached hydrogens (tertiary/aromatic N) is 1. The first-order valence-corrected chi connectivity index (χ1v) is 12.2. The number of ketones is 1. The number of aliphatic hydroxyl groups is 1. The quantitative estimate of drug-likeness (QED) is 0.248. The minimum absolute atomic E-state index is 0.0556. The number of halogens is 1. The van der Waals surface area contributed by atoms with Crippen molar-refractivity contribution in [3.05, 3.63) is 87.4 Å². The normalized spacial score (nSPS) is 18.1. The highest BCUT2D eigenvalue weighted by atomic mass is 35.5. The third-order valence-corrected chi connectivity index (χ3v) is 6.93. The molecule has 2 heterocycles. The molecule has 1 amide bonds. The molecule has 0 saturated carbocycles. The molecule has 2 aliphatic heterocycles. The first kappa shape index (κ1) is 24.7. The number of carbonyl (C=O) groups excluding carboxylic acids is 2. The van der Waals surface area contributed by atoms with Crippen LogP contribution in [-0.2, 0) is 9.59 Å². The van der Waals surface area contributed by atoms with E-state index in [0.29, 0.717) is 28.7 Å². The van der Waals surface area contributed by atoms with Gasteiger partial charge in [-0.05, 0) is 53.8 Å². The van der Waals surface area contributed by atoms with Crippen LogP contribution in [0.3, 0.4) is 0 Å². The third kappa shape index (κ3) is 4.19. The van der Waals surface area contributed by atoms with E-state index < -0.39 is 17.7 Å². The lowest BCUT2D eigenvalue weighted by atomic mass is 9.92. The summed E-state index contributed by atoms with van der Waals surface area (Å²) in [6.07, 6.45) is 0. The zero-order chi connectivity index (χ0) is 26.4. The Bertz CT molecular complexity index is 1440. The highest BCUT2D eigenvalue weighted by Crippen LogP contribution is 2.46. The largest absolute Gasteiger partial charge is 0.507 e. The van der Waals surface area contributed by atoms with E-state index in [1.165, 1.54) is 12.0 Å². The Kier molecular flexibility index (Phi) is 6.33. The fraction of sp³-hybridized carbons (Fsp3) is 0.241. The van der Waals surface area contributed by atoms with E-state index in [9.17, 15) is 14.7 Å². The van der Waals surface area contributed by atoms with Crippen LogP contribution >= 0.6 is 11.6 Å². The molecule has 1 fully saturated rings. The van der Waals surface area contributed by atoms with Gasteiger partial charge in [0, 0.05) is 11.8 Å². The summed E-state index contributed by atoms with van der Waals surface area (Å²) in [7, 11) is 1.43. The molecule has 1 unspecified atom stereocenters. The predicted octanol–water partition coefficient (Wildman–Crippen LogP) is 6.14. The van der Waals surface area contributed by atoms with Crippen LogP contribution in [0.2, 0.25) is 5.02 Å². The molecule has 1 saturated heterocycles. The van der Waals surface area contributed by atoms with E-state index >= 15 is 0 Å². The number of aryl methyl sites for hydroxylation is 1. The summed E-state index contributed by atoms with van der Waals surface area (Å²) in [6, 6.07) is 15.2. The van der Waals surface area contributed by atoms with Crippen molar-refractivity contribution in [3.63, 3.8) is 0 Å². The zero-order valence-electron chi connectivity index (χ0n) is 20.9. The second-order valence-electron chi connectivity index (χ2n) is 9.36. The van der Waals surface area contributed by atoms with E-state index in [2.05, 4.69) is 13.8 Å². The standard InChI is InChI=1S/C29H26ClNO6/c1-15(2)17-5-7-18(8-6-17)25-24(26(32)20-11-16(3)12-21(30)28(20)35-4)27(33)29(34)31(25)19-9-10-22-23(13-19)37-14-36-22/h5-13,15,25,32H,14H2,1-4H3/b26-24+. The Morgan fingerprint density at radius 2 is 1.76 bits per heavy atom. The number of amides is 1. The Morgan fingerprint density at radius 1 is 1.05 bits per heavy atom. The van der Waals surface area contributed by atoms with Crippen molar-refractivity contribution in [2.75, 3.05) is 18.8 Å². The van der Waals surface area contributed by atoms with Crippen LogP contribution in [-0.4, -0.2) is 30.7 Å². The van der Waals surface area contributed by atoms with Crippen molar-refractivity contribution in [1.82, 2.24) is 0 Å². The number of ether oxygens (including phenoxy) is 3. The molecule has 0 radical (unpaired) electrons. The van der Waals surface area contributed by atoms with Gasteiger partial charge in [-0.2, -0.15) is 0 Å². The van der Waals surface area contributed by atoms with Crippen molar-refractivity contribution in [2.24, 2.45) is 0 Å². The van der Waals surface area contributed by atoms with Gasteiger partial charge in [-0.1, -0.05) is 49.7 Å². The molecule has 3 aromatic carbocycles. The number of methoxy groups -OCH3 is 1. The van der Waals surface area contributed by atoms with Crippen LogP contribution in [0, 0.1) is 6.92 Å². The molecular formula is C29H26ClNO6. The van der Waals surface area contributed by atoms with Crippen molar-refractivity contribution in [3.8, 4) is 17.2 Å². The topological polar surface area (TPSA) is 85.3 Å². The van der Waals surface area contributed by atoms with Crippen LogP contribution in [0.15, 0.2) is 60.2 Å². The van der Waals surface area contributed by atoms with E-state index in [4.69, 9.17) is 25.8 Å². The lowest BCUT2D eigenvalue weighted by Crippen LogP contribution is -2.29. The van der Waals surface area contributed by atoms with Gasteiger partial charge in [0.1, 0.15) is 11.5 Å². The van der Waals surface area contributed by atoms with Crippen LogP contribution in [0.4, 0.5) is 5.69 Å². The van der Waals surface area contributed by atoms with Crippen molar-refractivity contribution in [1.29, 1.82) is 0 Å². The van der Waals surface area contributed by atoms with E-state index in [1.54, 1.807) is 30.3 Å². The zero-order valence-corrected chi connectivity index (χ0v) is 21.6. The molecule has 5 rings (SSSR count). The molecule has 3 aromatic rings. The molecule has 37 heavy (non-hydrogen) atoms. The number of hydrogen-bond acceptors (Lipinski definition) is 6. The maximum absolute atomic E-state index is 13.5. The Morgan fingerprint density at radius 3 is 2.43 bits per heavy atom. The molecule has 190 valence electrons. The van der Waals surface area contributed by atoms with E-state index in [1.807, 2.05) is 31.2 Å². The molecule has 8 heteroatoms. The number of benzene rings is 3. The first-order valence-electron chi connectivity index (χ1n) is 11.9. The van der Waals surface area contributed by atoms with Gasteiger partial charge in [-0.25, -0.2) is 0 Å². The summed E-state index contributed by atoms with van der Waals surface area (Å²) < 4.78 is 16.4. The van der Waals surface area contributed by atoms with Gasteiger partial charge in [0.2, 0.25) is 6.79 Å². The third-order valence-electron chi connectivity index (χ3n) is 6.64. The van der Waals surface area contributed by atoms with Crippen LogP contribution in [0.5, 0.6) is 17.2 Å². The van der Waals surface area contributed by atoms with Crippen LogP contribution < -0.4 is 19.1 Å². The average Bonchev–Trinajstić information content (AvgIpc) is 3.45. The summed E-state index contributed by atoms with van der Waals surface area (Å²) in [5, 5.41) is 11.8. The Balaban J connectivity index is 1.74. The molecule has 0 aromatic heterocycles. The minimum Gasteiger partial charge on any atom is -0.507 e. The summed E-state index contributed by atoms with van der Waals surface area (Å²) in [5.74, 6) is -0.399. The Labute approximate surface area is 219 Å². The fourth-order valence-corrected chi connectivity index (χ4v) is 5.12. The van der Waals surface area contributed by atoms with Gasteiger partial charge >= 0.3 is 0 Å². The number of aliphatic hydroxyl groups excluding tert-OH is 1. The fourth-order valence-electron chi connectivity index (χ4n) is 4.77. The maximum atomic E-state index is 13.5. The van der Waals surface area contributed by atoms with Gasteiger partial charge in [0.05, 0.1) is 29.3 Å². The predicted molar refractivity (Wildman–Crippen MR) is 141 cm³/mol. The molecular weight excluding hydrogens is 494 g/mol. The van der Waals surface area contributed by atoms with Crippen LogP contribution in [0.1, 0.15) is 48.1 Å².